The topological polar surface area (TPSA) is 66.5 Å². The Morgan fingerprint density at radius 1 is 1.28 bits per heavy atom. The number of H-pyrrole nitrogens is 1. The van der Waals surface area contributed by atoms with Gasteiger partial charge in [0.05, 0.1) is 11.6 Å². The number of nitrogens with one attached hydrogen (secondary N) is 2. The van der Waals surface area contributed by atoms with E-state index in [1.165, 1.54) is 6.33 Å². The van der Waals surface area contributed by atoms with Gasteiger partial charge in [0.25, 0.3) is 0 Å². The summed E-state index contributed by atoms with van der Waals surface area (Å²) in [5.74, 6) is 0.708. The van der Waals surface area contributed by atoms with Gasteiger partial charge >= 0.3 is 0 Å². The number of aromatic amines is 1. The Hall–Kier alpha value is -2.14. The predicted octanol–water partition coefficient (Wildman–Crippen LogP) is 3.06. The van der Waals surface area contributed by atoms with Gasteiger partial charge in [-0.05, 0) is 24.6 Å². The van der Waals surface area contributed by atoms with Crippen LogP contribution in [0.5, 0.6) is 0 Å². The maximum Gasteiger partial charge on any atom is 0.160 e. The van der Waals surface area contributed by atoms with E-state index in [1.54, 1.807) is 6.20 Å². The van der Waals surface area contributed by atoms with Crippen LogP contribution >= 0.6 is 11.6 Å². The van der Waals surface area contributed by atoms with Gasteiger partial charge in [-0.3, -0.25) is 5.10 Å². The fraction of sp³-hybridized carbons (Fsp3) is 0.0833. The highest BCUT2D eigenvalue weighted by Gasteiger charge is 2.07. The van der Waals surface area contributed by atoms with Gasteiger partial charge in [0.1, 0.15) is 12.1 Å². The summed E-state index contributed by atoms with van der Waals surface area (Å²) in [7, 11) is 0. The molecule has 6 heteroatoms. The molecule has 0 fully saturated rings. The molecule has 0 spiro atoms. The lowest BCUT2D eigenvalue weighted by molar-refractivity contribution is 1.09. The summed E-state index contributed by atoms with van der Waals surface area (Å²) in [6, 6.07) is 5.70. The highest BCUT2D eigenvalue weighted by Crippen LogP contribution is 2.27. The minimum atomic E-state index is 0.701. The van der Waals surface area contributed by atoms with Crippen LogP contribution < -0.4 is 5.32 Å². The molecule has 0 radical (unpaired) electrons. The average molecular weight is 260 g/mol. The van der Waals surface area contributed by atoms with Crippen molar-refractivity contribution in [3.63, 3.8) is 0 Å². The number of anilines is 2. The molecule has 18 heavy (non-hydrogen) atoms. The fourth-order valence-corrected chi connectivity index (χ4v) is 1.91. The quantitative estimate of drug-likeness (QED) is 0.742. The van der Waals surface area contributed by atoms with Crippen molar-refractivity contribution < 1.29 is 0 Å². The van der Waals surface area contributed by atoms with E-state index < -0.39 is 0 Å². The zero-order valence-electron chi connectivity index (χ0n) is 9.61. The standard InChI is InChI=1S/C12H10ClN5/c1-7-9(13)3-2-4-10(7)17-11-8-5-16-18-12(8)15-6-14-11/h2-6H,1H3,(H2,14,15,16,17,18). The molecule has 0 aliphatic carbocycles. The predicted molar refractivity (Wildman–Crippen MR) is 71.2 cm³/mol. The number of rotatable bonds is 2. The molecule has 0 saturated carbocycles. The van der Waals surface area contributed by atoms with Crippen LogP contribution in [0.15, 0.2) is 30.7 Å². The molecule has 90 valence electrons. The van der Waals surface area contributed by atoms with Crippen molar-refractivity contribution >= 4 is 34.1 Å². The molecule has 0 bridgehead atoms. The average Bonchev–Trinajstić information content (AvgIpc) is 2.84. The highest BCUT2D eigenvalue weighted by molar-refractivity contribution is 6.31. The first kappa shape index (κ1) is 11.0. The van der Waals surface area contributed by atoms with Crippen LogP contribution in [0, 0.1) is 6.92 Å². The maximum absolute atomic E-state index is 6.09. The number of fused-ring (bicyclic) bond motifs is 1. The SMILES string of the molecule is Cc1c(Cl)cccc1Nc1ncnc2[nH]ncc12. The van der Waals surface area contributed by atoms with Gasteiger partial charge in [0.15, 0.2) is 5.65 Å². The smallest absolute Gasteiger partial charge is 0.160 e. The Balaban J connectivity index is 2.06. The first-order valence-corrected chi connectivity index (χ1v) is 5.80. The summed E-state index contributed by atoms with van der Waals surface area (Å²) in [5.41, 5.74) is 2.60. The van der Waals surface area contributed by atoms with E-state index in [4.69, 9.17) is 11.6 Å². The Bertz CT molecular complexity index is 707. The van der Waals surface area contributed by atoms with Crippen LogP contribution in [-0.2, 0) is 0 Å². The van der Waals surface area contributed by atoms with Crippen LogP contribution in [-0.4, -0.2) is 20.2 Å². The molecular formula is C12H10ClN5. The summed E-state index contributed by atoms with van der Waals surface area (Å²) in [4.78, 5) is 8.31. The third-order valence-corrected chi connectivity index (χ3v) is 3.18. The first-order valence-electron chi connectivity index (χ1n) is 5.42. The van der Waals surface area contributed by atoms with Gasteiger partial charge in [-0.15, -0.1) is 0 Å². The highest BCUT2D eigenvalue weighted by atomic mass is 35.5. The van der Waals surface area contributed by atoms with E-state index in [-0.39, 0.29) is 0 Å². The van der Waals surface area contributed by atoms with Crippen LogP contribution in [0.2, 0.25) is 5.02 Å². The zero-order chi connectivity index (χ0) is 12.5. The van der Waals surface area contributed by atoms with Crippen molar-refractivity contribution in [2.75, 3.05) is 5.32 Å². The summed E-state index contributed by atoms with van der Waals surface area (Å²) in [6.07, 6.45) is 3.18. The van der Waals surface area contributed by atoms with Gasteiger partial charge in [0.2, 0.25) is 0 Å². The number of nitrogens with zero attached hydrogens (tertiary/aromatic N) is 3. The molecule has 0 amide bonds. The molecule has 2 heterocycles. The third kappa shape index (κ3) is 1.78. The molecule has 3 aromatic rings. The van der Waals surface area contributed by atoms with Gasteiger partial charge in [-0.1, -0.05) is 17.7 Å². The van der Waals surface area contributed by atoms with Gasteiger partial charge in [-0.2, -0.15) is 5.10 Å². The van der Waals surface area contributed by atoms with Crippen molar-refractivity contribution in [3.05, 3.63) is 41.3 Å². The molecule has 2 aromatic heterocycles. The summed E-state index contributed by atoms with van der Waals surface area (Å²) >= 11 is 6.09. The van der Waals surface area contributed by atoms with Gasteiger partial charge < -0.3 is 5.32 Å². The van der Waals surface area contributed by atoms with Crippen LogP contribution in [0.4, 0.5) is 11.5 Å². The maximum atomic E-state index is 6.09. The second-order valence-corrected chi connectivity index (χ2v) is 4.30. The molecule has 5 nitrogen and oxygen atoms in total. The zero-order valence-corrected chi connectivity index (χ0v) is 10.4. The number of benzene rings is 1. The number of aromatic nitrogens is 4. The summed E-state index contributed by atoms with van der Waals surface area (Å²) in [6.45, 7) is 1.96. The van der Waals surface area contributed by atoms with E-state index in [0.29, 0.717) is 11.5 Å². The lowest BCUT2D eigenvalue weighted by atomic mass is 10.2. The number of hydrogen-bond donors (Lipinski definition) is 2. The lowest BCUT2D eigenvalue weighted by Gasteiger charge is -2.10. The van der Waals surface area contributed by atoms with Crippen molar-refractivity contribution in [1.29, 1.82) is 0 Å². The van der Waals surface area contributed by atoms with E-state index in [2.05, 4.69) is 25.5 Å². The van der Waals surface area contributed by atoms with E-state index in [9.17, 15) is 0 Å². The summed E-state index contributed by atoms with van der Waals surface area (Å²) < 4.78 is 0. The molecule has 2 N–H and O–H groups in total. The van der Waals surface area contributed by atoms with Gasteiger partial charge in [-0.25, -0.2) is 9.97 Å². The second-order valence-electron chi connectivity index (χ2n) is 3.89. The Morgan fingerprint density at radius 3 is 3.06 bits per heavy atom. The largest absolute Gasteiger partial charge is 0.339 e. The molecule has 0 unspecified atom stereocenters. The molecule has 1 aromatic carbocycles. The van der Waals surface area contributed by atoms with Crippen LogP contribution in [0.3, 0.4) is 0 Å². The Labute approximate surface area is 108 Å². The fourth-order valence-electron chi connectivity index (χ4n) is 1.73. The molecule has 0 aliphatic heterocycles. The van der Waals surface area contributed by atoms with Crippen molar-refractivity contribution in [2.24, 2.45) is 0 Å². The molecule has 0 atom stereocenters. The first-order chi connectivity index (χ1) is 8.75. The molecule has 0 saturated heterocycles. The van der Waals surface area contributed by atoms with E-state index >= 15 is 0 Å². The second kappa shape index (κ2) is 4.27. The Morgan fingerprint density at radius 2 is 2.17 bits per heavy atom. The van der Waals surface area contributed by atoms with E-state index in [1.807, 2.05) is 25.1 Å². The monoisotopic (exact) mass is 259 g/mol. The molecule has 0 aliphatic rings. The normalized spacial score (nSPS) is 10.8. The number of halogens is 1. The third-order valence-electron chi connectivity index (χ3n) is 2.77. The summed E-state index contributed by atoms with van der Waals surface area (Å²) in [5, 5.41) is 11.6. The Kier molecular flexibility index (Phi) is 2.60. The molecule has 3 rings (SSSR count). The minimum absolute atomic E-state index is 0.701. The van der Waals surface area contributed by atoms with Crippen LogP contribution in [0.1, 0.15) is 5.56 Å². The van der Waals surface area contributed by atoms with Crippen molar-refractivity contribution in [2.45, 2.75) is 6.92 Å². The van der Waals surface area contributed by atoms with E-state index in [0.717, 1.165) is 21.7 Å². The number of hydrogen-bond acceptors (Lipinski definition) is 4. The lowest BCUT2D eigenvalue weighted by Crippen LogP contribution is -1.97. The van der Waals surface area contributed by atoms with Crippen molar-refractivity contribution in [1.82, 2.24) is 20.2 Å². The van der Waals surface area contributed by atoms with Crippen molar-refractivity contribution in [3.8, 4) is 0 Å². The van der Waals surface area contributed by atoms with Gasteiger partial charge in [0, 0.05) is 10.7 Å². The van der Waals surface area contributed by atoms with Crippen LogP contribution in [0.25, 0.3) is 11.0 Å². The minimum Gasteiger partial charge on any atom is -0.339 e. The molecular weight excluding hydrogens is 250 g/mol.